The molecule has 3 heteroatoms. The highest BCUT2D eigenvalue weighted by Gasteiger charge is 2.22. The fourth-order valence-corrected chi connectivity index (χ4v) is 3.17. The first-order valence-electron chi connectivity index (χ1n) is 7.46. The van der Waals surface area contributed by atoms with Gasteiger partial charge in [-0.15, -0.1) is 0 Å². The minimum atomic E-state index is 0.773. The number of rotatable bonds is 1. The van der Waals surface area contributed by atoms with Gasteiger partial charge in [0.1, 0.15) is 11.9 Å². The number of piperidine rings is 1. The molecule has 0 atom stereocenters. The lowest BCUT2D eigenvalue weighted by atomic mass is 9.94. The third-order valence-corrected chi connectivity index (χ3v) is 4.48. The van der Waals surface area contributed by atoms with Crippen molar-refractivity contribution >= 4 is 5.82 Å². The minimum absolute atomic E-state index is 0.773. The summed E-state index contributed by atoms with van der Waals surface area (Å²) in [5, 5.41) is 9.39. The molecule has 1 aliphatic carbocycles. The van der Waals surface area contributed by atoms with Crippen molar-refractivity contribution in [1.29, 1.82) is 5.26 Å². The lowest BCUT2D eigenvalue weighted by Crippen LogP contribution is -2.34. The number of anilines is 1. The van der Waals surface area contributed by atoms with Crippen molar-refractivity contribution in [3.8, 4) is 6.07 Å². The van der Waals surface area contributed by atoms with E-state index in [9.17, 15) is 5.26 Å². The van der Waals surface area contributed by atoms with Crippen LogP contribution in [0.2, 0.25) is 0 Å². The van der Waals surface area contributed by atoms with Crippen molar-refractivity contribution in [1.82, 2.24) is 4.98 Å². The molecule has 0 unspecified atom stereocenters. The van der Waals surface area contributed by atoms with Crippen LogP contribution in [-0.2, 0) is 12.8 Å². The quantitative estimate of drug-likeness (QED) is 0.774. The summed E-state index contributed by atoms with van der Waals surface area (Å²) < 4.78 is 0. The molecule has 0 amide bonds. The highest BCUT2D eigenvalue weighted by Crippen LogP contribution is 2.29. The Morgan fingerprint density at radius 1 is 1.26 bits per heavy atom. The van der Waals surface area contributed by atoms with Gasteiger partial charge in [0.15, 0.2) is 0 Å². The number of fused-ring (bicyclic) bond motifs is 1. The standard InChI is InChI=1S/C16H21N3/c1-12-6-8-19(9-7-12)16-14(11-17)10-13-4-2-3-5-15(13)18-16/h10,12H,2-9H2,1H3. The number of aryl methyl sites for hydroxylation is 2. The third kappa shape index (κ3) is 2.45. The third-order valence-electron chi connectivity index (χ3n) is 4.48. The van der Waals surface area contributed by atoms with Gasteiger partial charge in [-0.05, 0) is 56.1 Å². The summed E-state index contributed by atoms with van der Waals surface area (Å²) in [4.78, 5) is 7.15. The van der Waals surface area contributed by atoms with Crippen LogP contribution in [0.1, 0.15) is 49.4 Å². The molecule has 3 nitrogen and oxygen atoms in total. The van der Waals surface area contributed by atoms with E-state index in [2.05, 4.69) is 24.0 Å². The van der Waals surface area contributed by atoms with Crippen LogP contribution >= 0.6 is 0 Å². The number of hydrogen-bond acceptors (Lipinski definition) is 3. The van der Waals surface area contributed by atoms with Gasteiger partial charge >= 0.3 is 0 Å². The Morgan fingerprint density at radius 2 is 2.00 bits per heavy atom. The van der Waals surface area contributed by atoms with E-state index in [4.69, 9.17) is 4.98 Å². The Hall–Kier alpha value is -1.56. The molecule has 1 saturated heterocycles. The van der Waals surface area contributed by atoms with E-state index in [0.29, 0.717) is 0 Å². The van der Waals surface area contributed by atoms with Crippen LogP contribution in [0.15, 0.2) is 6.07 Å². The normalized spacial score (nSPS) is 19.9. The summed E-state index contributed by atoms with van der Waals surface area (Å²) in [5.74, 6) is 1.74. The molecule has 0 radical (unpaired) electrons. The molecule has 3 rings (SSSR count). The Morgan fingerprint density at radius 3 is 2.74 bits per heavy atom. The maximum atomic E-state index is 9.39. The summed E-state index contributed by atoms with van der Waals surface area (Å²) in [6, 6.07) is 4.44. The van der Waals surface area contributed by atoms with E-state index in [1.54, 1.807) is 0 Å². The average molecular weight is 255 g/mol. The summed E-state index contributed by atoms with van der Waals surface area (Å²) in [7, 11) is 0. The first-order chi connectivity index (χ1) is 9.28. The van der Waals surface area contributed by atoms with Crippen LogP contribution in [-0.4, -0.2) is 18.1 Å². The smallest absolute Gasteiger partial charge is 0.146 e. The molecular formula is C16H21N3. The molecule has 1 fully saturated rings. The summed E-state index contributed by atoms with van der Waals surface area (Å²) in [5.41, 5.74) is 3.31. The van der Waals surface area contributed by atoms with E-state index in [-0.39, 0.29) is 0 Å². The van der Waals surface area contributed by atoms with E-state index in [0.717, 1.165) is 43.2 Å². The van der Waals surface area contributed by atoms with Crippen LogP contribution in [0.3, 0.4) is 0 Å². The molecule has 19 heavy (non-hydrogen) atoms. The number of nitriles is 1. The zero-order chi connectivity index (χ0) is 13.2. The van der Waals surface area contributed by atoms with Crippen LogP contribution < -0.4 is 4.90 Å². The second-order valence-electron chi connectivity index (χ2n) is 5.95. The molecule has 0 N–H and O–H groups in total. The second-order valence-corrected chi connectivity index (χ2v) is 5.95. The lowest BCUT2D eigenvalue weighted by molar-refractivity contribution is 0.436. The molecule has 1 aromatic rings. The van der Waals surface area contributed by atoms with Crippen molar-refractivity contribution in [3.05, 3.63) is 22.9 Å². The lowest BCUT2D eigenvalue weighted by Gasteiger charge is -2.32. The summed E-state index contributed by atoms with van der Waals surface area (Å²) >= 11 is 0. The monoisotopic (exact) mass is 255 g/mol. The first kappa shape index (κ1) is 12.5. The second kappa shape index (κ2) is 5.21. The zero-order valence-electron chi connectivity index (χ0n) is 11.7. The van der Waals surface area contributed by atoms with Gasteiger partial charge in [-0.1, -0.05) is 6.92 Å². The molecule has 2 aliphatic rings. The van der Waals surface area contributed by atoms with Gasteiger partial charge in [-0.2, -0.15) is 5.26 Å². The van der Waals surface area contributed by atoms with Gasteiger partial charge in [0.2, 0.25) is 0 Å². The van der Waals surface area contributed by atoms with Gasteiger partial charge in [0.25, 0.3) is 0 Å². The molecule has 1 aliphatic heterocycles. The van der Waals surface area contributed by atoms with E-state index >= 15 is 0 Å². The number of nitrogens with zero attached hydrogens (tertiary/aromatic N) is 3. The van der Waals surface area contributed by atoms with Gasteiger partial charge < -0.3 is 4.90 Å². The Labute approximate surface area is 115 Å². The average Bonchev–Trinajstić information content (AvgIpc) is 2.46. The van der Waals surface area contributed by atoms with E-state index in [1.165, 1.54) is 36.9 Å². The number of aromatic nitrogens is 1. The van der Waals surface area contributed by atoms with Crippen molar-refractivity contribution in [2.45, 2.75) is 45.4 Å². The van der Waals surface area contributed by atoms with Gasteiger partial charge in [-0.25, -0.2) is 4.98 Å². The Balaban J connectivity index is 1.93. The molecule has 100 valence electrons. The SMILES string of the molecule is CC1CCN(c2nc3c(cc2C#N)CCCC3)CC1. The number of pyridine rings is 1. The number of hydrogen-bond donors (Lipinski definition) is 0. The fourth-order valence-electron chi connectivity index (χ4n) is 3.17. The maximum Gasteiger partial charge on any atom is 0.146 e. The van der Waals surface area contributed by atoms with Crippen LogP contribution in [0.25, 0.3) is 0 Å². The van der Waals surface area contributed by atoms with Crippen molar-refractivity contribution < 1.29 is 0 Å². The van der Waals surface area contributed by atoms with Crippen molar-refractivity contribution in [3.63, 3.8) is 0 Å². The predicted octanol–water partition coefficient (Wildman–Crippen LogP) is 3.07. The van der Waals surface area contributed by atoms with Crippen molar-refractivity contribution in [2.75, 3.05) is 18.0 Å². The van der Waals surface area contributed by atoms with Crippen LogP contribution in [0, 0.1) is 17.2 Å². The molecule has 0 aromatic carbocycles. The van der Waals surface area contributed by atoms with E-state index < -0.39 is 0 Å². The Kier molecular flexibility index (Phi) is 3.42. The molecule has 0 saturated carbocycles. The van der Waals surface area contributed by atoms with Crippen LogP contribution in [0.5, 0.6) is 0 Å². The largest absolute Gasteiger partial charge is 0.355 e. The van der Waals surface area contributed by atoms with Gasteiger partial charge in [0, 0.05) is 18.8 Å². The van der Waals surface area contributed by atoms with Crippen molar-refractivity contribution in [2.24, 2.45) is 5.92 Å². The van der Waals surface area contributed by atoms with Crippen LogP contribution in [0.4, 0.5) is 5.82 Å². The molecule has 2 heterocycles. The molecule has 0 spiro atoms. The van der Waals surface area contributed by atoms with Gasteiger partial charge in [0.05, 0.1) is 5.56 Å². The summed E-state index contributed by atoms with van der Waals surface area (Å²) in [6.07, 6.45) is 7.07. The fraction of sp³-hybridized carbons (Fsp3) is 0.625. The maximum absolute atomic E-state index is 9.39. The minimum Gasteiger partial charge on any atom is -0.355 e. The molecule has 0 bridgehead atoms. The van der Waals surface area contributed by atoms with Gasteiger partial charge in [-0.3, -0.25) is 0 Å². The predicted molar refractivity (Wildman–Crippen MR) is 76.2 cm³/mol. The van der Waals surface area contributed by atoms with E-state index in [1.807, 2.05) is 0 Å². The topological polar surface area (TPSA) is 39.9 Å². The summed E-state index contributed by atoms with van der Waals surface area (Å²) in [6.45, 7) is 4.39. The zero-order valence-corrected chi connectivity index (χ0v) is 11.7. The first-order valence-corrected chi connectivity index (χ1v) is 7.46. The highest BCUT2D eigenvalue weighted by molar-refractivity contribution is 5.56. The molecule has 1 aromatic heterocycles. The highest BCUT2D eigenvalue weighted by atomic mass is 15.2. The Bertz CT molecular complexity index is 507. The molecular weight excluding hydrogens is 234 g/mol.